The fraction of sp³-hybridized carbons (Fsp3) is 0.600. The molecule has 1 aliphatic heterocycles. The van der Waals surface area contributed by atoms with E-state index in [4.69, 9.17) is 17.3 Å². The van der Waals surface area contributed by atoms with E-state index in [0.29, 0.717) is 4.75 Å². The third-order valence-electron chi connectivity index (χ3n) is 3.36. The Morgan fingerprint density at radius 1 is 1.47 bits per heavy atom. The van der Waals surface area contributed by atoms with Crippen LogP contribution >= 0.6 is 23.4 Å². The molecule has 0 spiro atoms. The van der Waals surface area contributed by atoms with Crippen LogP contribution < -0.4 is 10.6 Å². The quantitative estimate of drug-likeness (QED) is 0.925. The van der Waals surface area contributed by atoms with E-state index >= 15 is 0 Å². The van der Waals surface area contributed by atoms with E-state index in [1.54, 1.807) is 0 Å². The molecule has 4 heteroatoms. The SMILES string of the molecule is CC(N)Cc1ccc(Cl)cc1N1CCSC(C)(C)C1. The highest BCUT2D eigenvalue weighted by atomic mass is 35.5. The molecule has 0 bridgehead atoms. The number of benzene rings is 1. The normalized spacial score (nSPS) is 20.4. The zero-order valence-electron chi connectivity index (χ0n) is 11.9. The number of anilines is 1. The molecule has 1 aromatic rings. The Balaban J connectivity index is 2.29. The summed E-state index contributed by atoms with van der Waals surface area (Å²) in [4.78, 5) is 2.46. The molecule has 0 saturated carbocycles. The summed E-state index contributed by atoms with van der Waals surface area (Å²) in [5.74, 6) is 1.16. The fourth-order valence-electron chi connectivity index (χ4n) is 2.57. The van der Waals surface area contributed by atoms with Crippen molar-refractivity contribution in [2.75, 3.05) is 23.7 Å². The molecule has 2 rings (SSSR count). The van der Waals surface area contributed by atoms with Crippen LogP contribution in [0.25, 0.3) is 0 Å². The van der Waals surface area contributed by atoms with Crippen molar-refractivity contribution in [1.82, 2.24) is 0 Å². The Hall–Kier alpha value is -0.380. The van der Waals surface area contributed by atoms with Crippen LogP contribution in [0.1, 0.15) is 26.3 Å². The van der Waals surface area contributed by atoms with Gasteiger partial charge in [-0.1, -0.05) is 17.7 Å². The summed E-state index contributed by atoms with van der Waals surface area (Å²) in [6.07, 6.45) is 0.899. The highest BCUT2D eigenvalue weighted by Crippen LogP contribution is 2.34. The van der Waals surface area contributed by atoms with Gasteiger partial charge in [-0.3, -0.25) is 0 Å². The second-order valence-corrected chi connectivity index (χ2v) is 8.22. The summed E-state index contributed by atoms with van der Waals surface area (Å²) in [5, 5.41) is 0.805. The maximum Gasteiger partial charge on any atom is 0.0426 e. The van der Waals surface area contributed by atoms with Crippen LogP contribution in [0.2, 0.25) is 5.02 Å². The van der Waals surface area contributed by atoms with Gasteiger partial charge in [-0.15, -0.1) is 0 Å². The van der Waals surface area contributed by atoms with Gasteiger partial charge in [0.15, 0.2) is 0 Å². The zero-order valence-corrected chi connectivity index (χ0v) is 13.5. The van der Waals surface area contributed by atoms with Crippen molar-refractivity contribution in [2.45, 2.75) is 38.0 Å². The molecule has 1 aliphatic rings. The van der Waals surface area contributed by atoms with E-state index in [-0.39, 0.29) is 6.04 Å². The molecule has 1 saturated heterocycles. The number of hydrogen-bond donors (Lipinski definition) is 1. The van der Waals surface area contributed by atoms with Crippen LogP contribution in [0.3, 0.4) is 0 Å². The first kappa shape index (κ1) is 15.0. The number of thioether (sulfide) groups is 1. The summed E-state index contributed by atoms with van der Waals surface area (Å²) < 4.78 is 0.298. The third-order valence-corrected chi connectivity index (χ3v) is 4.89. The number of nitrogens with two attached hydrogens (primary N) is 1. The van der Waals surface area contributed by atoms with E-state index in [0.717, 1.165) is 30.3 Å². The number of halogens is 1. The predicted octanol–water partition coefficient (Wildman–Crippen LogP) is 3.56. The van der Waals surface area contributed by atoms with Gasteiger partial charge in [0.1, 0.15) is 0 Å². The largest absolute Gasteiger partial charge is 0.369 e. The summed E-state index contributed by atoms with van der Waals surface area (Å²) in [6.45, 7) is 8.80. The van der Waals surface area contributed by atoms with Crippen LogP contribution in [0.15, 0.2) is 18.2 Å². The molecule has 19 heavy (non-hydrogen) atoms. The van der Waals surface area contributed by atoms with Crippen molar-refractivity contribution in [2.24, 2.45) is 5.73 Å². The van der Waals surface area contributed by atoms with E-state index in [2.05, 4.69) is 30.9 Å². The first-order valence-corrected chi connectivity index (χ1v) is 8.17. The van der Waals surface area contributed by atoms with Gasteiger partial charge < -0.3 is 10.6 Å². The minimum atomic E-state index is 0.173. The molecule has 0 aromatic heterocycles. The minimum Gasteiger partial charge on any atom is -0.369 e. The summed E-state index contributed by atoms with van der Waals surface area (Å²) >= 11 is 8.22. The maximum atomic E-state index is 6.18. The summed E-state index contributed by atoms with van der Waals surface area (Å²) in [7, 11) is 0. The van der Waals surface area contributed by atoms with Crippen molar-refractivity contribution in [3.63, 3.8) is 0 Å². The number of nitrogens with zero attached hydrogens (tertiary/aromatic N) is 1. The highest BCUT2D eigenvalue weighted by molar-refractivity contribution is 8.00. The smallest absolute Gasteiger partial charge is 0.0426 e. The Morgan fingerprint density at radius 2 is 2.21 bits per heavy atom. The molecule has 0 radical (unpaired) electrons. The van der Waals surface area contributed by atoms with E-state index in [1.165, 1.54) is 11.3 Å². The van der Waals surface area contributed by atoms with Crippen molar-refractivity contribution in [1.29, 1.82) is 0 Å². The monoisotopic (exact) mass is 298 g/mol. The van der Waals surface area contributed by atoms with Crippen molar-refractivity contribution in [3.05, 3.63) is 28.8 Å². The van der Waals surface area contributed by atoms with Gasteiger partial charge >= 0.3 is 0 Å². The Kier molecular flexibility index (Phi) is 4.70. The lowest BCUT2D eigenvalue weighted by Crippen LogP contribution is -2.43. The molecule has 2 nitrogen and oxygen atoms in total. The van der Waals surface area contributed by atoms with Crippen molar-refractivity contribution < 1.29 is 0 Å². The second kappa shape index (κ2) is 5.94. The number of rotatable bonds is 3. The molecule has 1 unspecified atom stereocenters. The minimum absolute atomic E-state index is 0.173. The Morgan fingerprint density at radius 3 is 2.84 bits per heavy atom. The summed E-state index contributed by atoms with van der Waals surface area (Å²) in [6, 6.07) is 6.35. The molecular weight excluding hydrogens is 276 g/mol. The van der Waals surface area contributed by atoms with E-state index in [1.807, 2.05) is 24.8 Å². The van der Waals surface area contributed by atoms with Gasteiger partial charge in [0.2, 0.25) is 0 Å². The van der Waals surface area contributed by atoms with Gasteiger partial charge in [-0.05, 0) is 44.9 Å². The zero-order chi connectivity index (χ0) is 14.0. The average molecular weight is 299 g/mol. The molecule has 0 aliphatic carbocycles. The summed E-state index contributed by atoms with van der Waals surface area (Å²) in [5.41, 5.74) is 8.53. The average Bonchev–Trinajstić information content (AvgIpc) is 2.29. The molecular formula is C15H23ClN2S. The maximum absolute atomic E-state index is 6.18. The van der Waals surface area contributed by atoms with Gasteiger partial charge in [0, 0.05) is 40.3 Å². The lowest BCUT2D eigenvalue weighted by atomic mass is 10.0. The van der Waals surface area contributed by atoms with Crippen LogP contribution in [0.5, 0.6) is 0 Å². The van der Waals surface area contributed by atoms with Gasteiger partial charge in [0.25, 0.3) is 0 Å². The van der Waals surface area contributed by atoms with Crippen molar-refractivity contribution >= 4 is 29.1 Å². The van der Waals surface area contributed by atoms with Gasteiger partial charge in [-0.25, -0.2) is 0 Å². The van der Waals surface area contributed by atoms with Gasteiger partial charge in [0.05, 0.1) is 0 Å². The lowest BCUT2D eigenvalue weighted by molar-refractivity contribution is 0.642. The molecule has 1 heterocycles. The topological polar surface area (TPSA) is 29.3 Å². The first-order valence-electron chi connectivity index (χ1n) is 6.80. The van der Waals surface area contributed by atoms with Crippen LogP contribution in [0, 0.1) is 0 Å². The van der Waals surface area contributed by atoms with Crippen LogP contribution in [0.4, 0.5) is 5.69 Å². The first-order chi connectivity index (χ1) is 8.87. The standard InChI is InChI=1S/C15H23ClN2S/c1-11(17)8-12-4-5-13(16)9-14(12)18-6-7-19-15(2,3)10-18/h4-5,9,11H,6-8,10,17H2,1-3H3. The Bertz CT molecular complexity index is 446. The Labute approximate surface area is 125 Å². The molecule has 1 atom stereocenters. The van der Waals surface area contributed by atoms with Crippen LogP contribution in [-0.4, -0.2) is 29.6 Å². The molecule has 2 N–H and O–H groups in total. The fourth-order valence-corrected chi connectivity index (χ4v) is 3.85. The third kappa shape index (κ3) is 4.04. The van der Waals surface area contributed by atoms with Gasteiger partial charge in [-0.2, -0.15) is 11.8 Å². The van der Waals surface area contributed by atoms with Crippen molar-refractivity contribution in [3.8, 4) is 0 Å². The molecule has 1 fully saturated rings. The molecule has 0 amide bonds. The predicted molar refractivity (Wildman–Crippen MR) is 87.6 cm³/mol. The highest BCUT2D eigenvalue weighted by Gasteiger charge is 2.28. The lowest BCUT2D eigenvalue weighted by Gasteiger charge is -2.40. The number of hydrogen-bond acceptors (Lipinski definition) is 3. The second-order valence-electron chi connectivity index (χ2n) is 5.98. The molecule has 1 aromatic carbocycles. The van der Waals surface area contributed by atoms with E-state index in [9.17, 15) is 0 Å². The molecule has 106 valence electrons. The van der Waals surface area contributed by atoms with E-state index < -0.39 is 0 Å². The van der Waals surface area contributed by atoms with Crippen LogP contribution in [-0.2, 0) is 6.42 Å².